The van der Waals surface area contributed by atoms with Crippen molar-refractivity contribution in [1.29, 1.82) is 0 Å². The average Bonchev–Trinajstić information content (AvgIpc) is 2.92. The van der Waals surface area contributed by atoms with Crippen molar-refractivity contribution in [2.75, 3.05) is 13.1 Å². The van der Waals surface area contributed by atoms with E-state index < -0.39 is 5.79 Å². The van der Waals surface area contributed by atoms with E-state index in [-0.39, 0.29) is 18.1 Å². The highest BCUT2D eigenvalue weighted by Gasteiger charge is 2.24. The van der Waals surface area contributed by atoms with Crippen molar-refractivity contribution >= 4 is 5.91 Å². The second-order valence-corrected chi connectivity index (χ2v) is 5.76. The van der Waals surface area contributed by atoms with Gasteiger partial charge in [-0.3, -0.25) is 4.79 Å². The number of carbonyl (C=O) groups excluding carboxylic acids is 1. The first-order chi connectivity index (χ1) is 10.3. The number of benzene rings is 1. The van der Waals surface area contributed by atoms with Gasteiger partial charge in [0.1, 0.15) is 0 Å². The molecule has 0 aromatic heterocycles. The summed E-state index contributed by atoms with van der Waals surface area (Å²) in [6.07, 6.45) is 2.23. The van der Waals surface area contributed by atoms with Gasteiger partial charge >= 0.3 is 0 Å². The Hall–Kier alpha value is -1.47. The molecule has 1 heterocycles. The Morgan fingerprint density at radius 3 is 2.32 bits per heavy atom. The number of rotatable bonds is 4. The molecule has 1 saturated heterocycles. The predicted octanol–water partition coefficient (Wildman–Crippen LogP) is 0.630. The van der Waals surface area contributed by atoms with Crippen molar-refractivity contribution in [1.82, 2.24) is 5.32 Å². The number of aliphatic hydroxyl groups is 2. The zero-order valence-electron chi connectivity index (χ0n) is 13.2. The number of carbonyl (C=O) groups is 1. The summed E-state index contributed by atoms with van der Waals surface area (Å²) in [5.41, 5.74) is 6.21. The topological polar surface area (TPSA) is 105 Å². The van der Waals surface area contributed by atoms with E-state index >= 15 is 0 Å². The van der Waals surface area contributed by atoms with Crippen LogP contribution >= 0.6 is 0 Å². The number of ether oxygens (including phenoxy) is 1. The summed E-state index contributed by atoms with van der Waals surface area (Å²) >= 11 is 0. The van der Waals surface area contributed by atoms with Gasteiger partial charge < -0.3 is 26.0 Å². The van der Waals surface area contributed by atoms with Crippen molar-refractivity contribution in [3.05, 3.63) is 35.9 Å². The Morgan fingerprint density at radius 1 is 1.27 bits per heavy atom. The normalized spacial score (nSPS) is 21.0. The van der Waals surface area contributed by atoms with Gasteiger partial charge in [-0.1, -0.05) is 18.2 Å². The van der Waals surface area contributed by atoms with Gasteiger partial charge in [0.2, 0.25) is 0 Å². The fourth-order valence-electron chi connectivity index (χ4n) is 2.00. The Balaban J connectivity index is 0.000000422. The molecule has 0 radical (unpaired) electrons. The van der Waals surface area contributed by atoms with Gasteiger partial charge in [0.05, 0.1) is 12.2 Å². The van der Waals surface area contributed by atoms with E-state index in [2.05, 4.69) is 5.32 Å². The second-order valence-electron chi connectivity index (χ2n) is 5.76. The largest absolute Gasteiger partial charge is 0.372 e. The zero-order chi connectivity index (χ0) is 16.6. The monoisotopic (exact) mass is 310 g/mol. The average molecular weight is 310 g/mol. The van der Waals surface area contributed by atoms with Crippen molar-refractivity contribution < 1.29 is 19.7 Å². The molecule has 1 aliphatic rings. The van der Waals surface area contributed by atoms with Crippen LogP contribution in [0, 0.1) is 0 Å². The maximum atomic E-state index is 11.8. The minimum atomic E-state index is -1.50. The summed E-state index contributed by atoms with van der Waals surface area (Å²) in [7, 11) is 0. The summed E-state index contributed by atoms with van der Waals surface area (Å²) in [4.78, 5) is 11.8. The number of hydrogen-bond donors (Lipinski definition) is 4. The van der Waals surface area contributed by atoms with Gasteiger partial charge in [-0.05, 0) is 38.8 Å². The van der Waals surface area contributed by atoms with Gasteiger partial charge in [0.15, 0.2) is 5.79 Å². The van der Waals surface area contributed by atoms with Crippen molar-refractivity contribution in [3.63, 3.8) is 0 Å². The summed E-state index contributed by atoms with van der Waals surface area (Å²) in [6.45, 7) is 3.72. The van der Waals surface area contributed by atoms with Gasteiger partial charge in [0, 0.05) is 18.7 Å². The molecule has 6 nitrogen and oxygen atoms in total. The van der Waals surface area contributed by atoms with Crippen LogP contribution in [-0.2, 0) is 4.74 Å². The Bertz CT molecular complexity index is 439. The molecule has 2 atom stereocenters. The fraction of sp³-hybridized carbons (Fsp3) is 0.562. The first-order valence-corrected chi connectivity index (χ1v) is 7.43. The summed E-state index contributed by atoms with van der Waals surface area (Å²) < 4.78 is 5.66. The molecule has 5 N–H and O–H groups in total. The quantitative estimate of drug-likeness (QED) is 0.611. The molecule has 0 saturated carbocycles. The zero-order valence-corrected chi connectivity index (χ0v) is 13.2. The van der Waals surface area contributed by atoms with Crippen LogP contribution in [0.25, 0.3) is 0 Å². The minimum absolute atomic E-state index is 0.0506. The molecule has 6 heteroatoms. The Kier molecular flexibility index (Phi) is 7.47. The lowest BCUT2D eigenvalue weighted by Gasteiger charge is -2.13. The van der Waals surface area contributed by atoms with Crippen LogP contribution in [0.15, 0.2) is 30.3 Å². The first kappa shape index (κ1) is 18.6. The highest BCUT2D eigenvalue weighted by atomic mass is 16.5. The molecule has 22 heavy (non-hydrogen) atoms. The van der Waals surface area contributed by atoms with E-state index in [1.54, 1.807) is 12.1 Å². The third kappa shape index (κ3) is 8.09. The van der Waals surface area contributed by atoms with Crippen LogP contribution < -0.4 is 11.1 Å². The number of amides is 1. The number of hydrogen-bond acceptors (Lipinski definition) is 5. The lowest BCUT2D eigenvalue weighted by Crippen LogP contribution is -2.33. The van der Waals surface area contributed by atoms with Gasteiger partial charge in [-0.2, -0.15) is 0 Å². The van der Waals surface area contributed by atoms with Gasteiger partial charge in [-0.15, -0.1) is 0 Å². The smallest absolute Gasteiger partial charge is 0.251 e. The standard InChI is InChI=1S/C13H18N2O2.C3H8O2/c14-8-11-6-7-12(17-11)9-15-13(16)10-4-2-1-3-5-10;1-3(2,4)5/h1-5,11-12H,6-9,14H2,(H,15,16);4-5H,1-2H3. The van der Waals surface area contributed by atoms with Gasteiger partial charge in [-0.25, -0.2) is 0 Å². The lowest BCUT2D eigenvalue weighted by atomic mass is 10.2. The molecule has 0 bridgehead atoms. The molecule has 2 rings (SSSR count). The van der Waals surface area contributed by atoms with E-state index in [4.69, 9.17) is 20.7 Å². The Morgan fingerprint density at radius 2 is 1.82 bits per heavy atom. The maximum Gasteiger partial charge on any atom is 0.251 e. The molecular formula is C16H26N2O4. The number of nitrogens with two attached hydrogens (primary N) is 1. The molecule has 1 aromatic rings. The molecule has 0 spiro atoms. The summed E-state index contributed by atoms with van der Waals surface area (Å²) in [6, 6.07) is 9.20. The molecule has 0 aliphatic carbocycles. The third-order valence-electron chi connectivity index (χ3n) is 2.98. The van der Waals surface area contributed by atoms with E-state index in [1.165, 1.54) is 13.8 Å². The van der Waals surface area contributed by atoms with Crippen LogP contribution in [0.4, 0.5) is 0 Å². The van der Waals surface area contributed by atoms with Gasteiger partial charge in [0.25, 0.3) is 5.91 Å². The maximum absolute atomic E-state index is 11.8. The van der Waals surface area contributed by atoms with Crippen LogP contribution in [0.3, 0.4) is 0 Å². The van der Waals surface area contributed by atoms with Crippen LogP contribution in [0.1, 0.15) is 37.0 Å². The summed E-state index contributed by atoms with van der Waals surface area (Å²) in [5.74, 6) is -1.55. The molecule has 1 aliphatic heterocycles. The highest BCUT2D eigenvalue weighted by Crippen LogP contribution is 2.18. The van der Waals surface area contributed by atoms with E-state index in [0.717, 1.165) is 12.8 Å². The SMILES string of the molecule is CC(C)(O)O.NCC1CCC(CNC(=O)c2ccccc2)O1. The lowest BCUT2D eigenvalue weighted by molar-refractivity contribution is -0.127. The van der Waals surface area contributed by atoms with E-state index in [0.29, 0.717) is 18.7 Å². The van der Waals surface area contributed by atoms with E-state index in [9.17, 15) is 4.79 Å². The van der Waals surface area contributed by atoms with Crippen molar-refractivity contribution in [2.45, 2.75) is 44.7 Å². The minimum Gasteiger partial charge on any atom is -0.372 e. The third-order valence-corrected chi connectivity index (χ3v) is 2.98. The second kappa shape index (κ2) is 8.85. The molecular weight excluding hydrogens is 284 g/mol. The predicted molar refractivity (Wildman–Crippen MR) is 84.2 cm³/mol. The molecule has 124 valence electrons. The fourth-order valence-corrected chi connectivity index (χ4v) is 2.00. The van der Waals surface area contributed by atoms with Crippen molar-refractivity contribution in [2.24, 2.45) is 5.73 Å². The highest BCUT2D eigenvalue weighted by molar-refractivity contribution is 5.94. The molecule has 2 unspecified atom stereocenters. The first-order valence-electron chi connectivity index (χ1n) is 7.43. The van der Waals surface area contributed by atoms with Crippen LogP contribution in [0.5, 0.6) is 0 Å². The van der Waals surface area contributed by atoms with Crippen LogP contribution in [0.2, 0.25) is 0 Å². The van der Waals surface area contributed by atoms with Crippen molar-refractivity contribution in [3.8, 4) is 0 Å². The summed E-state index contributed by atoms with van der Waals surface area (Å²) in [5, 5.41) is 19.0. The number of nitrogens with one attached hydrogen (secondary N) is 1. The molecule has 1 aromatic carbocycles. The van der Waals surface area contributed by atoms with Crippen LogP contribution in [-0.4, -0.2) is 47.2 Å². The Labute approximate surface area is 131 Å². The molecule has 1 amide bonds. The molecule has 1 fully saturated rings. The van der Waals surface area contributed by atoms with E-state index in [1.807, 2.05) is 18.2 Å².